The molecule has 1 heterocycles. The molecule has 1 saturated heterocycles. The van der Waals surface area contributed by atoms with E-state index in [1.807, 2.05) is 36.4 Å². The lowest BCUT2D eigenvalue weighted by molar-refractivity contribution is -0.134. The maximum absolute atomic E-state index is 14.5. The molecule has 18 heteroatoms. The standard InChI is InChI=1S/C48H58N8O8S2/c1-47(2)39(55-44(62)37(27-32-20-22-33(57)23-21-32)54-42(60)34(49)24-29-14-8-5-9-15-29)45(63)51-28-38(58)52-36(26-31-18-12-7-13-19-31)43(61)56-40(48(3,4)66-65-47)46(64)53-35(41(50)59)25-30-16-10-6-11-17-30/h5-23,34-37,39-40,57H,24-28,49H2,1-4H3,(H2,50,59)(H,51,63)(H,52,58)(H,53,64)(H,54,60)(H,55,62)(H,56,61)/t34-,35-,36-,37-,39?,40-/m0/s1. The third-order valence-electron chi connectivity index (χ3n) is 10.9. The summed E-state index contributed by atoms with van der Waals surface area (Å²) in [6, 6.07) is 25.7. The second-order valence-electron chi connectivity index (χ2n) is 17.2. The molecule has 1 unspecified atom stereocenters. The Morgan fingerprint density at radius 1 is 0.667 bits per heavy atom. The van der Waals surface area contributed by atoms with Gasteiger partial charge >= 0.3 is 0 Å². The molecule has 1 aliphatic heterocycles. The highest BCUT2D eigenvalue weighted by atomic mass is 33.1. The fourth-order valence-electron chi connectivity index (χ4n) is 7.12. The fourth-order valence-corrected chi connectivity index (χ4v) is 9.94. The number of carbonyl (C=O) groups excluding carboxylic acids is 7. The highest BCUT2D eigenvalue weighted by Crippen LogP contribution is 2.46. The minimum Gasteiger partial charge on any atom is -0.508 e. The van der Waals surface area contributed by atoms with Crippen molar-refractivity contribution < 1.29 is 38.7 Å². The maximum atomic E-state index is 14.5. The zero-order chi connectivity index (χ0) is 48.0. The van der Waals surface area contributed by atoms with Gasteiger partial charge in [0.1, 0.15) is 36.0 Å². The lowest BCUT2D eigenvalue weighted by atomic mass is 9.98. The van der Waals surface area contributed by atoms with Crippen LogP contribution in [0.1, 0.15) is 49.9 Å². The number of rotatable bonds is 15. The lowest BCUT2D eigenvalue weighted by Gasteiger charge is -2.39. The number of nitrogens with two attached hydrogens (primary N) is 2. The van der Waals surface area contributed by atoms with E-state index in [4.69, 9.17) is 11.5 Å². The topological polar surface area (TPSA) is 264 Å². The normalized spacial score (nSPS) is 20.1. The fraction of sp³-hybridized carbons (Fsp3) is 0.354. The van der Waals surface area contributed by atoms with E-state index in [0.29, 0.717) is 11.1 Å². The number of benzene rings is 4. The Morgan fingerprint density at radius 3 is 1.76 bits per heavy atom. The van der Waals surface area contributed by atoms with Crippen LogP contribution < -0.4 is 43.4 Å². The molecule has 0 saturated carbocycles. The van der Waals surface area contributed by atoms with Gasteiger partial charge in [-0.05, 0) is 68.5 Å². The van der Waals surface area contributed by atoms with Gasteiger partial charge in [-0.1, -0.05) is 125 Å². The van der Waals surface area contributed by atoms with Crippen molar-refractivity contribution in [2.24, 2.45) is 11.5 Å². The Kier molecular flexibility index (Phi) is 17.8. The summed E-state index contributed by atoms with van der Waals surface area (Å²) in [7, 11) is 2.29. The van der Waals surface area contributed by atoms with Gasteiger partial charge < -0.3 is 48.5 Å². The van der Waals surface area contributed by atoms with Gasteiger partial charge in [-0.25, -0.2) is 0 Å². The molecule has 5 rings (SSSR count). The summed E-state index contributed by atoms with van der Waals surface area (Å²) < 4.78 is -2.43. The summed E-state index contributed by atoms with van der Waals surface area (Å²) in [5.74, 6) is -5.05. The van der Waals surface area contributed by atoms with E-state index in [-0.39, 0.29) is 31.4 Å². The summed E-state index contributed by atoms with van der Waals surface area (Å²) in [5, 5.41) is 26.4. The summed E-state index contributed by atoms with van der Waals surface area (Å²) in [4.78, 5) is 97.3. The minimum absolute atomic E-state index is 0.00107. The maximum Gasteiger partial charge on any atom is 0.244 e. The Balaban J connectivity index is 1.46. The largest absolute Gasteiger partial charge is 0.508 e. The molecule has 4 aromatic carbocycles. The zero-order valence-electron chi connectivity index (χ0n) is 37.2. The molecule has 4 aromatic rings. The monoisotopic (exact) mass is 938 g/mol. The van der Waals surface area contributed by atoms with Gasteiger partial charge in [0.25, 0.3) is 0 Å². The van der Waals surface area contributed by atoms with Crippen LogP contribution in [0.4, 0.5) is 0 Å². The van der Waals surface area contributed by atoms with Crippen LogP contribution in [0.15, 0.2) is 115 Å². The first-order valence-electron chi connectivity index (χ1n) is 21.4. The highest BCUT2D eigenvalue weighted by Gasteiger charge is 2.45. The first kappa shape index (κ1) is 50.6. The zero-order valence-corrected chi connectivity index (χ0v) is 38.9. The Labute approximate surface area is 392 Å². The van der Waals surface area contributed by atoms with Crippen LogP contribution >= 0.6 is 21.6 Å². The predicted molar refractivity (Wildman–Crippen MR) is 255 cm³/mol. The van der Waals surface area contributed by atoms with Crippen LogP contribution in [0, 0.1) is 0 Å². The molecule has 6 atom stereocenters. The number of primary amides is 1. The first-order valence-corrected chi connectivity index (χ1v) is 23.6. The number of amides is 7. The van der Waals surface area contributed by atoms with Gasteiger partial charge in [-0.2, -0.15) is 0 Å². The Bertz CT molecular complexity index is 2320. The predicted octanol–water partition coefficient (Wildman–Crippen LogP) is 1.97. The lowest BCUT2D eigenvalue weighted by Crippen LogP contribution is -2.64. The van der Waals surface area contributed by atoms with Gasteiger partial charge in [-0.3, -0.25) is 33.6 Å². The number of aromatic hydroxyl groups is 1. The second kappa shape index (κ2) is 23.2. The molecule has 11 N–H and O–H groups in total. The molecule has 16 nitrogen and oxygen atoms in total. The van der Waals surface area contributed by atoms with Gasteiger partial charge in [0.2, 0.25) is 41.4 Å². The average molecular weight is 939 g/mol. The van der Waals surface area contributed by atoms with Crippen molar-refractivity contribution in [3.63, 3.8) is 0 Å². The van der Waals surface area contributed by atoms with E-state index >= 15 is 0 Å². The summed E-state index contributed by atoms with van der Waals surface area (Å²) in [6.07, 6.45) is 0.244. The van der Waals surface area contributed by atoms with Crippen LogP contribution in [0.5, 0.6) is 5.75 Å². The van der Waals surface area contributed by atoms with Crippen LogP contribution in [-0.4, -0.2) is 98.7 Å². The van der Waals surface area contributed by atoms with E-state index in [0.717, 1.165) is 32.7 Å². The van der Waals surface area contributed by atoms with Crippen LogP contribution in [-0.2, 0) is 59.2 Å². The van der Waals surface area contributed by atoms with Crippen molar-refractivity contribution in [1.29, 1.82) is 0 Å². The smallest absolute Gasteiger partial charge is 0.244 e. The van der Waals surface area contributed by atoms with Gasteiger partial charge in [0, 0.05) is 28.8 Å². The number of phenols is 1. The molecule has 7 amide bonds. The molecule has 66 heavy (non-hydrogen) atoms. The van der Waals surface area contributed by atoms with Crippen molar-refractivity contribution in [2.45, 2.75) is 99.1 Å². The van der Waals surface area contributed by atoms with Crippen LogP contribution in [0.25, 0.3) is 0 Å². The van der Waals surface area contributed by atoms with Crippen LogP contribution in [0.2, 0.25) is 0 Å². The molecule has 0 radical (unpaired) electrons. The molecule has 0 aliphatic carbocycles. The van der Waals surface area contributed by atoms with Crippen molar-refractivity contribution >= 4 is 62.9 Å². The molecule has 0 bridgehead atoms. The number of phenolic OH excluding ortho intramolecular Hbond substituents is 1. The van der Waals surface area contributed by atoms with Crippen molar-refractivity contribution in [3.05, 3.63) is 138 Å². The van der Waals surface area contributed by atoms with Gasteiger partial charge in [-0.15, -0.1) is 0 Å². The third-order valence-corrected chi connectivity index (χ3v) is 15.1. The SMILES string of the molecule is CC1(C)SSC(C)(C)[C@H](C(=O)N[C@@H](Cc2ccccc2)C(N)=O)NC(=O)[C@H](Cc2ccccc2)NC(=O)CNC(=O)C1NC(=O)[C@H](Cc1ccc(O)cc1)NC(=O)[C@@H](N)Cc1ccccc1. The van der Waals surface area contributed by atoms with E-state index in [2.05, 4.69) is 31.9 Å². The van der Waals surface area contributed by atoms with Crippen molar-refractivity contribution in [2.75, 3.05) is 6.54 Å². The summed E-state index contributed by atoms with van der Waals surface area (Å²) in [5.41, 5.74) is 14.9. The quantitative estimate of drug-likeness (QED) is 0.0779. The molecule has 0 spiro atoms. The van der Waals surface area contributed by atoms with Crippen molar-refractivity contribution in [3.8, 4) is 5.75 Å². The first-order chi connectivity index (χ1) is 31.3. The Hall–Kier alpha value is -6.37. The van der Waals surface area contributed by atoms with E-state index in [9.17, 15) is 38.7 Å². The summed E-state index contributed by atoms with van der Waals surface area (Å²) in [6.45, 7) is 6.19. The number of hydrogen-bond acceptors (Lipinski definition) is 11. The molecular formula is C48H58N8O8S2. The van der Waals surface area contributed by atoms with Crippen molar-refractivity contribution in [1.82, 2.24) is 31.9 Å². The molecular weight excluding hydrogens is 881 g/mol. The van der Waals surface area contributed by atoms with Crippen LogP contribution in [0.3, 0.4) is 0 Å². The van der Waals surface area contributed by atoms with Gasteiger partial charge in [0.05, 0.1) is 12.6 Å². The minimum atomic E-state index is -1.36. The van der Waals surface area contributed by atoms with Gasteiger partial charge in [0.15, 0.2) is 0 Å². The highest BCUT2D eigenvalue weighted by molar-refractivity contribution is 8.77. The van der Waals surface area contributed by atoms with E-state index in [1.54, 1.807) is 94.4 Å². The summed E-state index contributed by atoms with van der Waals surface area (Å²) >= 11 is 0. The second-order valence-corrected chi connectivity index (χ2v) is 20.6. The molecule has 1 fully saturated rings. The third kappa shape index (κ3) is 14.8. The molecule has 1 aliphatic rings. The molecule has 0 aromatic heterocycles. The number of hydrogen-bond donors (Lipinski definition) is 9. The molecule has 350 valence electrons. The van der Waals surface area contributed by atoms with E-state index < -0.39 is 93.6 Å². The average Bonchev–Trinajstić information content (AvgIpc) is 3.29. The van der Waals surface area contributed by atoms with E-state index in [1.165, 1.54) is 12.1 Å². The number of carbonyl (C=O) groups is 7. The Morgan fingerprint density at radius 2 is 1.18 bits per heavy atom. The number of nitrogens with one attached hydrogen (secondary N) is 6.